The normalized spacial score (nSPS) is 10.9. The van der Waals surface area contributed by atoms with Crippen LogP contribution < -0.4 is 0 Å². The van der Waals surface area contributed by atoms with Crippen LogP contribution in [0.4, 0.5) is 4.39 Å². The van der Waals surface area contributed by atoms with Gasteiger partial charge in [-0.1, -0.05) is 77.3 Å². The second-order valence-corrected chi connectivity index (χ2v) is 9.35. The summed E-state index contributed by atoms with van der Waals surface area (Å²) in [7, 11) is 0. The highest BCUT2D eigenvalue weighted by Crippen LogP contribution is 2.14. The fourth-order valence-corrected chi connectivity index (χ4v) is 4.20. The Balaban J connectivity index is 1.86. The highest BCUT2D eigenvalue weighted by molar-refractivity contribution is 5.84. The number of hydrogen-bond acceptors (Lipinski definition) is 3. The number of amides is 2. The summed E-state index contributed by atoms with van der Waals surface area (Å²) in [5.74, 6) is 0.264. The SMILES string of the molecule is CCCCCCCCCCCC(=O)N(CCC)CC(=O)N(Cc1ccc(F)cc1)Cc1ccco1. The van der Waals surface area contributed by atoms with Gasteiger partial charge in [-0.2, -0.15) is 0 Å². The minimum absolute atomic E-state index is 0.0443. The smallest absolute Gasteiger partial charge is 0.242 e. The van der Waals surface area contributed by atoms with E-state index in [2.05, 4.69) is 6.92 Å². The van der Waals surface area contributed by atoms with Crippen LogP contribution >= 0.6 is 0 Å². The van der Waals surface area contributed by atoms with Crippen LogP contribution in [-0.2, 0) is 22.7 Å². The van der Waals surface area contributed by atoms with Crippen molar-refractivity contribution in [1.29, 1.82) is 0 Å². The number of furan rings is 1. The van der Waals surface area contributed by atoms with Gasteiger partial charge in [0, 0.05) is 19.5 Å². The van der Waals surface area contributed by atoms with Crippen molar-refractivity contribution in [3.05, 3.63) is 59.8 Å². The Bertz CT molecular complexity index is 836. The molecule has 0 fully saturated rings. The Morgan fingerprint density at radius 3 is 2.03 bits per heavy atom. The molecule has 2 aromatic rings. The Morgan fingerprint density at radius 1 is 0.771 bits per heavy atom. The molecule has 0 aliphatic carbocycles. The third kappa shape index (κ3) is 11.6. The predicted molar refractivity (Wildman–Crippen MR) is 138 cm³/mol. The minimum atomic E-state index is -0.311. The topological polar surface area (TPSA) is 53.8 Å². The minimum Gasteiger partial charge on any atom is -0.467 e. The van der Waals surface area contributed by atoms with Gasteiger partial charge < -0.3 is 14.2 Å². The molecule has 2 amide bonds. The second kappa shape index (κ2) is 16.9. The van der Waals surface area contributed by atoms with E-state index in [0.717, 1.165) is 24.8 Å². The van der Waals surface area contributed by atoms with Crippen molar-refractivity contribution in [3.8, 4) is 0 Å². The molecule has 0 saturated carbocycles. The first-order valence-electron chi connectivity index (χ1n) is 13.4. The van der Waals surface area contributed by atoms with E-state index in [-0.39, 0.29) is 24.2 Å². The van der Waals surface area contributed by atoms with E-state index in [9.17, 15) is 14.0 Å². The van der Waals surface area contributed by atoms with Crippen molar-refractivity contribution in [2.45, 2.75) is 97.6 Å². The maximum absolute atomic E-state index is 13.3. The molecule has 1 heterocycles. The molecule has 2 rings (SSSR count). The van der Waals surface area contributed by atoms with E-state index in [4.69, 9.17) is 4.42 Å². The third-order valence-electron chi connectivity index (χ3n) is 6.23. The number of nitrogens with zero attached hydrogens (tertiary/aromatic N) is 2. The fraction of sp³-hybridized carbons (Fsp3) is 0.586. The highest BCUT2D eigenvalue weighted by atomic mass is 19.1. The lowest BCUT2D eigenvalue weighted by atomic mass is 10.1. The van der Waals surface area contributed by atoms with Crippen molar-refractivity contribution in [1.82, 2.24) is 9.80 Å². The molecular formula is C29H43FN2O3. The van der Waals surface area contributed by atoms with Crippen LogP contribution in [0.2, 0.25) is 0 Å². The average molecular weight is 487 g/mol. The molecule has 0 atom stereocenters. The molecule has 0 unspecified atom stereocenters. The van der Waals surface area contributed by atoms with Gasteiger partial charge in [0.1, 0.15) is 11.6 Å². The molecule has 0 aliphatic rings. The zero-order chi connectivity index (χ0) is 25.3. The maximum Gasteiger partial charge on any atom is 0.242 e. The molecule has 5 nitrogen and oxygen atoms in total. The molecule has 194 valence electrons. The molecule has 0 bridgehead atoms. The molecule has 0 N–H and O–H groups in total. The van der Waals surface area contributed by atoms with Crippen molar-refractivity contribution in [3.63, 3.8) is 0 Å². The summed E-state index contributed by atoms with van der Waals surface area (Å²) < 4.78 is 18.8. The van der Waals surface area contributed by atoms with Crippen molar-refractivity contribution in [2.75, 3.05) is 13.1 Å². The molecule has 35 heavy (non-hydrogen) atoms. The summed E-state index contributed by atoms with van der Waals surface area (Å²) in [6.07, 6.45) is 13.7. The Labute approximate surface area is 210 Å². The molecule has 1 aromatic heterocycles. The largest absolute Gasteiger partial charge is 0.467 e. The lowest BCUT2D eigenvalue weighted by Crippen LogP contribution is -2.42. The number of hydrogen-bond donors (Lipinski definition) is 0. The van der Waals surface area contributed by atoms with E-state index in [1.165, 1.54) is 57.1 Å². The molecule has 6 heteroatoms. The maximum atomic E-state index is 13.3. The first-order chi connectivity index (χ1) is 17.0. The van der Waals surface area contributed by atoms with Crippen LogP contribution in [0, 0.1) is 5.82 Å². The molecule has 0 aliphatic heterocycles. The summed E-state index contributed by atoms with van der Waals surface area (Å²) in [6.45, 7) is 5.48. The number of carbonyl (C=O) groups is 2. The summed E-state index contributed by atoms with van der Waals surface area (Å²) in [5.41, 5.74) is 0.828. The summed E-state index contributed by atoms with van der Waals surface area (Å²) >= 11 is 0. The van der Waals surface area contributed by atoms with E-state index in [0.29, 0.717) is 31.8 Å². The van der Waals surface area contributed by atoms with Gasteiger partial charge in [-0.15, -0.1) is 0 Å². The van der Waals surface area contributed by atoms with Gasteiger partial charge >= 0.3 is 0 Å². The van der Waals surface area contributed by atoms with Crippen molar-refractivity contribution in [2.24, 2.45) is 0 Å². The number of rotatable bonds is 18. The van der Waals surface area contributed by atoms with Crippen LogP contribution in [-0.4, -0.2) is 34.7 Å². The van der Waals surface area contributed by atoms with Gasteiger partial charge in [-0.25, -0.2) is 4.39 Å². The van der Waals surface area contributed by atoms with Crippen LogP contribution in [0.5, 0.6) is 0 Å². The first kappa shape index (κ1) is 28.6. The molecular weight excluding hydrogens is 443 g/mol. The summed E-state index contributed by atoms with van der Waals surface area (Å²) in [6, 6.07) is 9.75. The monoisotopic (exact) mass is 486 g/mol. The molecule has 0 saturated heterocycles. The van der Waals surface area contributed by atoms with E-state index < -0.39 is 0 Å². The van der Waals surface area contributed by atoms with Gasteiger partial charge in [-0.3, -0.25) is 9.59 Å². The Kier molecular flexibility index (Phi) is 13.8. The highest BCUT2D eigenvalue weighted by Gasteiger charge is 2.22. The van der Waals surface area contributed by atoms with Crippen molar-refractivity contribution >= 4 is 11.8 Å². The fourth-order valence-electron chi connectivity index (χ4n) is 4.20. The first-order valence-corrected chi connectivity index (χ1v) is 13.4. The van der Waals surface area contributed by atoms with E-state index in [1.807, 2.05) is 13.0 Å². The average Bonchev–Trinajstić information content (AvgIpc) is 3.36. The Morgan fingerprint density at radius 2 is 1.43 bits per heavy atom. The number of benzene rings is 1. The lowest BCUT2D eigenvalue weighted by molar-refractivity contribution is -0.141. The van der Waals surface area contributed by atoms with Gasteiger partial charge in [-0.05, 0) is 42.7 Å². The van der Waals surface area contributed by atoms with Crippen LogP contribution in [0.15, 0.2) is 47.1 Å². The Hall–Kier alpha value is -2.63. The van der Waals surface area contributed by atoms with Gasteiger partial charge in [0.15, 0.2) is 0 Å². The third-order valence-corrected chi connectivity index (χ3v) is 6.23. The van der Waals surface area contributed by atoms with Crippen LogP contribution in [0.3, 0.4) is 0 Å². The number of unbranched alkanes of at least 4 members (excludes halogenated alkanes) is 8. The summed E-state index contributed by atoms with van der Waals surface area (Å²) in [4.78, 5) is 29.5. The standard InChI is InChI=1S/C29H43FN2O3/c1-3-5-6-7-8-9-10-11-12-15-28(33)31(20-4-2)24-29(34)32(23-27-14-13-21-35-27)22-25-16-18-26(30)19-17-25/h13-14,16-19,21H,3-12,15,20,22-24H2,1-2H3. The lowest BCUT2D eigenvalue weighted by Gasteiger charge is -2.27. The molecule has 1 aromatic carbocycles. The van der Waals surface area contributed by atoms with E-state index in [1.54, 1.807) is 34.3 Å². The van der Waals surface area contributed by atoms with Gasteiger partial charge in [0.25, 0.3) is 0 Å². The quantitative estimate of drug-likeness (QED) is 0.211. The van der Waals surface area contributed by atoms with Gasteiger partial charge in [0.2, 0.25) is 11.8 Å². The van der Waals surface area contributed by atoms with E-state index >= 15 is 0 Å². The number of carbonyl (C=O) groups excluding carboxylic acids is 2. The van der Waals surface area contributed by atoms with Crippen LogP contribution in [0.1, 0.15) is 95.8 Å². The predicted octanol–water partition coefficient (Wildman–Crippen LogP) is 7.11. The summed E-state index contributed by atoms with van der Waals surface area (Å²) in [5, 5.41) is 0. The second-order valence-electron chi connectivity index (χ2n) is 9.35. The zero-order valence-corrected chi connectivity index (χ0v) is 21.6. The van der Waals surface area contributed by atoms with Gasteiger partial charge in [0.05, 0.1) is 19.4 Å². The van der Waals surface area contributed by atoms with Crippen molar-refractivity contribution < 1.29 is 18.4 Å². The molecule has 0 spiro atoms. The zero-order valence-electron chi connectivity index (χ0n) is 21.6. The van der Waals surface area contributed by atoms with Crippen LogP contribution in [0.25, 0.3) is 0 Å². The molecule has 0 radical (unpaired) electrons. The number of halogens is 1.